The van der Waals surface area contributed by atoms with Crippen LogP contribution in [0.2, 0.25) is 0 Å². The highest BCUT2D eigenvalue weighted by Gasteiger charge is 2.19. The molecule has 2 amide bonds. The van der Waals surface area contributed by atoms with Crippen LogP contribution in [0.4, 0.5) is 0 Å². The normalized spacial score (nSPS) is 10.8. The van der Waals surface area contributed by atoms with Crippen LogP contribution in [0.5, 0.6) is 0 Å². The van der Waals surface area contributed by atoms with Gasteiger partial charge in [0.25, 0.3) is 5.91 Å². The van der Waals surface area contributed by atoms with Crippen molar-refractivity contribution in [3.05, 3.63) is 23.8 Å². The number of nitrogens with zero attached hydrogens (tertiary/aromatic N) is 3. The van der Waals surface area contributed by atoms with Crippen molar-refractivity contribution in [3.63, 3.8) is 0 Å². The number of hydrogen-bond acceptors (Lipinski definition) is 4. The van der Waals surface area contributed by atoms with Crippen LogP contribution in [-0.2, 0) is 4.79 Å². The van der Waals surface area contributed by atoms with Gasteiger partial charge in [0.1, 0.15) is 5.69 Å². The van der Waals surface area contributed by atoms with Crippen molar-refractivity contribution in [2.24, 2.45) is 5.92 Å². The van der Waals surface area contributed by atoms with Gasteiger partial charge in [-0.1, -0.05) is 40.0 Å². The van der Waals surface area contributed by atoms with E-state index in [2.05, 4.69) is 36.1 Å². The van der Waals surface area contributed by atoms with Crippen molar-refractivity contribution in [1.29, 1.82) is 0 Å². The molecule has 1 aromatic rings. The van der Waals surface area contributed by atoms with Gasteiger partial charge in [-0.05, 0) is 19.3 Å². The van der Waals surface area contributed by atoms with Crippen molar-refractivity contribution in [1.82, 2.24) is 20.2 Å². The van der Waals surface area contributed by atoms with E-state index in [1.807, 2.05) is 6.92 Å². The number of amides is 2. The van der Waals surface area contributed by atoms with Gasteiger partial charge in [-0.15, -0.1) is 0 Å². The van der Waals surface area contributed by atoms with E-state index >= 15 is 0 Å². The van der Waals surface area contributed by atoms with Crippen LogP contribution in [-0.4, -0.2) is 46.3 Å². The van der Waals surface area contributed by atoms with Gasteiger partial charge in [-0.25, -0.2) is 4.98 Å². The third kappa shape index (κ3) is 8.61. The van der Waals surface area contributed by atoms with E-state index in [-0.39, 0.29) is 11.8 Å². The number of carbonyl (C=O) groups excluding carboxylic acids is 2. The van der Waals surface area contributed by atoms with Crippen LogP contribution >= 0.6 is 0 Å². The maximum Gasteiger partial charge on any atom is 0.274 e. The molecule has 0 spiro atoms. The Morgan fingerprint density at radius 2 is 1.92 bits per heavy atom. The van der Waals surface area contributed by atoms with Gasteiger partial charge in [-0.3, -0.25) is 14.6 Å². The van der Waals surface area contributed by atoms with Gasteiger partial charge in [0, 0.05) is 32.3 Å². The second-order valence-electron chi connectivity index (χ2n) is 6.85. The summed E-state index contributed by atoms with van der Waals surface area (Å²) in [4.78, 5) is 34.6. The summed E-state index contributed by atoms with van der Waals surface area (Å²) in [6.45, 7) is 9.80. The van der Waals surface area contributed by atoms with Crippen molar-refractivity contribution >= 4 is 11.8 Å². The molecule has 0 radical (unpaired) electrons. The Bertz CT molecular complexity index is 529. The number of rotatable bonds is 11. The van der Waals surface area contributed by atoms with Gasteiger partial charge >= 0.3 is 0 Å². The van der Waals surface area contributed by atoms with Crippen LogP contribution in [0.3, 0.4) is 0 Å². The van der Waals surface area contributed by atoms with Crippen molar-refractivity contribution in [3.8, 4) is 0 Å². The molecule has 1 N–H and O–H groups in total. The Balaban J connectivity index is 2.51. The predicted octanol–water partition coefficient (Wildman–Crippen LogP) is 2.97. The Labute approximate surface area is 151 Å². The summed E-state index contributed by atoms with van der Waals surface area (Å²) >= 11 is 0. The second kappa shape index (κ2) is 11.6. The Morgan fingerprint density at radius 1 is 1.16 bits per heavy atom. The Morgan fingerprint density at radius 3 is 2.52 bits per heavy atom. The molecule has 6 nitrogen and oxygen atoms in total. The van der Waals surface area contributed by atoms with Gasteiger partial charge in [0.15, 0.2) is 0 Å². The minimum atomic E-state index is -0.169. The summed E-state index contributed by atoms with van der Waals surface area (Å²) in [6, 6.07) is 0. The summed E-state index contributed by atoms with van der Waals surface area (Å²) in [7, 11) is 0. The van der Waals surface area contributed by atoms with E-state index in [1.165, 1.54) is 19.0 Å². The summed E-state index contributed by atoms with van der Waals surface area (Å²) in [5.74, 6) is 0.143. The van der Waals surface area contributed by atoms with Crippen LogP contribution in [0.15, 0.2) is 12.4 Å². The monoisotopic (exact) mass is 348 g/mol. The average Bonchev–Trinajstić information content (AvgIpc) is 2.58. The molecule has 0 saturated heterocycles. The topological polar surface area (TPSA) is 75.2 Å². The summed E-state index contributed by atoms with van der Waals surface area (Å²) in [6.07, 6.45) is 7.92. The third-order valence-electron chi connectivity index (χ3n) is 3.83. The predicted molar refractivity (Wildman–Crippen MR) is 99.3 cm³/mol. The molecule has 0 bridgehead atoms. The van der Waals surface area contributed by atoms with Gasteiger partial charge in [0.05, 0.1) is 11.9 Å². The van der Waals surface area contributed by atoms with E-state index in [4.69, 9.17) is 0 Å². The first-order chi connectivity index (χ1) is 11.9. The molecule has 0 aliphatic heterocycles. The first-order valence-electron chi connectivity index (χ1n) is 9.28. The molecule has 1 rings (SSSR count). The maximum absolute atomic E-state index is 12.6. The molecule has 0 saturated carbocycles. The first kappa shape index (κ1) is 21.1. The lowest BCUT2D eigenvalue weighted by Crippen LogP contribution is -2.38. The lowest BCUT2D eigenvalue weighted by Gasteiger charge is -2.24. The summed E-state index contributed by atoms with van der Waals surface area (Å²) < 4.78 is 0. The fourth-order valence-corrected chi connectivity index (χ4v) is 2.49. The quantitative estimate of drug-likeness (QED) is 0.624. The molecule has 0 aromatic carbocycles. The molecule has 1 heterocycles. The van der Waals surface area contributed by atoms with Crippen molar-refractivity contribution < 1.29 is 9.59 Å². The van der Waals surface area contributed by atoms with E-state index in [1.54, 1.807) is 11.1 Å². The minimum Gasteiger partial charge on any atom is -0.356 e. The molecule has 1 aromatic heterocycles. The lowest BCUT2D eigenvalue weighted by molar-refractivity contribution is -0.121. The minimum absolute atomic E-state index is 0.00644. The Kier molecular flexibility index (Phi) is 9.73. The van der Waals surface area contributed by atoms with Crippen LogP contribution in [0, 0.1) is 12.8 Å². The van der Waals surface area contributed by atoms with Crippen molar-refractivity contribution in [2.75, 3.05) is 19.6 Å². The smallest absolute Gasteiger partial charge is 0.274 e. The highest BCUT2D eigenvalue weighted by Crippen LogP contribution is 2.07. The SMILES string of the molecule is CCCCCCNC(=O)CCN(CC(C)C)C(=O)c1cnc(C)cn1. The molecule has 25 heavy (non-hydrogen) atoms. The zero-order valence-electron chi connectivity index (χ0n) is 16.0. The van der Waals surface area contributed by atoms with E-state index < -0.39 is 0 Å². The van der Waals surface area contributed by atoms with Crippen LogP contribution < -0.4 is 5.32 Å². The molecule has 0 unspecified atom stereocenters. The Hall–Kier alpha value is -1.98. The third-order valence-corrected chi connectivity index (χ3v) is 3.83. The molecule has 6 heteroatoms. The van der Waals surface area contributed by atoms with E-state index in [0.717, 1.165) is 18.5 Å². The molecular weight excluding hydrogens is 316 g/mol. The number of carbonyl (C=O) groups is 2. The summed E-state index contributed by atoms with van der Waals surface area (Å²) in [5, 5.41) is 2.93. The molecule has 0 aliphatic rings. The zero-order valence-corrected chi connectivity index (χ0v) is 16.0. The zero-order chi connectivity index (χ0) is 18.7. The molecular formula is C19H32N4O2. The molecule has 0 fully saturated rings. The number of nitrogens with one attached hydrogen (secondary N) is 1. The molecule has 0 atom stereocenters. The maximum atomic E-state index is 12.6. The van der Waals surface area contributed by atoms with Gasteiger partial charge < -0.3 is 10.2 Å². The molecule has 140 valence electrons. The lowest BCUT2D eigenvalue weighted by atomic mass is 10.2. The largest absolute Gasteiger partial charge is 0.356 e. The number of aromatic nitrogens is 2. The van der Waals surface area contributed by atoms with Gasteiger partial charge in [0.2, 0.25) is 5.91 Å². The molecule has 0 aliphatic carbocycles. The number of aryl methyl sites for hydroxylation is 1. The van der Waals surface area contributed by atoms with Crippen LogP contribution in [0.25, 0.3) is 0 Å². The highest BCUT2D eigenvalue weighted by molar-refractivity contribution is 5.92. The van der Waals surface area contributed by atoms with Crippen LogP contribution in [0.1, 0.15) is 69.1 Å². The highest BCUT2D eigenvalue weighted by atomic mass is 16.2. The fourth-order valence-electron chi connectivity index (χ4n) is 2.49. The first-order valence-corrected chi connectivity index (χ1v) is 9.28. The number of hydrogen-bond donors (Lipinski definition) is 1. The average molecular weight is 348 g/mol. The van der Waals surface area contributed by atoms with E-state index in [9.17, 15) is 9.59 Å². The fraction of sp³-hybridized carbons (Fsp3) is 0.684. The van der Waals surface area contributed by atoms with Crippen molar-refractivity contribution in [2.45, 2.75) is 59.8 Å². The standard InChI is InChI=1S/C19H32N4O2/c1-5-6-7-8-10-20-18(24)9-11-23(14-15(2)3)19(25)17-13-21-16(4)12-22-17/h12-13,15H,5-11,14H2,1-4H3,(H,20,24). The second-order valence-corrected chi connectivity index (χ2v) is 6.85. The number of unbranched alkanes of at least 4 members (excludes halogenated alkanes) is 3. The summed E-state index contributed by atoms with van der Waals surface area (Å²) in [5.41, 5.74) is 1.10. The van der Waals surface area contributed by atoms with Gasteiger partial charge in [-0.2, -0.15) is 0 Å². The van der Waals surface area contributed by atoms with E-state index in [0.29, 0.717) is 37.7 Å².